The standard InChI is InChI=1S/C73H142O17P2/c1-7-10-12-14-16-18-20-21-22-23-24-25-26-27-28-34-38-46-52-58-73(78)89-68(61-83-70(75)55-49-43-36-33-30-29-31-35-42-48-54-66(6)9-3)63-87-91(79,80)85-59-67(74)60-86-92(81,82)88-64-69(62-84-71(76)56-50-44-40-39-41-47-53-65(4)5)90-72(77)57-51-45-37-32-19-17-15-13-11-8-2/h65-69,74H,7-64H2,1-6H3,(H,79,80)(H,81,82)/t66?,67-,68-,69-/m1/s1. The molecule has 0 heterocycles. The van der Waals surface area contributed by atoms with Gasteiger partial charge in [-0.05, 0) is 37.5 Å². The number of esters is 4. The monoisotopic (exact) mass is 1350 g/mol. The third kappa shape index (κ3) is 65.4. The van der Waals surface area contributed by atoms with Crippen LogP contribution in [0.25, 0.3) is 0 Å². The first-order chi connectivity index (χ1) is 44.4. The lowest BCUT2D eigenvalue weighted by Crippen LogP contribution is -2.30. The van der Waals surface area contributed by atoms with Crippen LogP contribution in [0.15, 0.2) is 0 Å². The number of aliphatic hydroxyl groups excluding tert-OH is 1. The van der Waals surface area contributed by atoms with E-state index < -0.39 is 97.5 Å². The molecule has 546 valence electrons. The minimum Gasteiger partial charge on any atom is -0.462 e. The highest BCUT2D eigenvalue weighted by Crippen LogP contribution is 2.45. The zero-order valence-electron chi connectivity index (χ0n) is 59.9. The maximum absolute atomic E-state index is 13.1. The molecule has 0 saturated carbocycles. The largest absolute Gasteiger partial charge is 0.472 e. The molecule has 3 N–H and O–H groups in total. The summed E-state index contributed by atoms with van der Waals surface area (Å²) in [5.74, 6) is -0.633. The summed E-state index contributed by atoms with van der Waals surface area (Å²) in [6.07, 6.45) is 51.5. The SMILES string of the molecule is CCCCCCCCCCCCCCCCCCCCCC(=O)O[C@H](COC(=O)CCCCCCCCCCCCC(C)CC)COP(=O)(O)OC[C@@H](O)COP(=O)(O)OC[C@@H](COC(=O)CCCCCCCCC(C)C)OC(=O)CCCCCCCCCCCC. The molecule has 0 aromatic carbocycles. The summed E-state index contributed by atoms with van der Waals surface area (Å²) in [7, 11) is -9.90. The van der Waals surface area contributed by atoms with Crippen molar-refractivity contribution in [3.63, 3.8) is 0 Å². The van der Waals surface area contributed by atoms with E-state index in [0.29, 0.717) is 31.6 Å². The van der Waals surface area contributed by atoms with Crippen molar-refractivity contribution in [3.05, 3.63) is 0 Å². The topological polar surface area (TPSA) is 237 Å². The lowest BCUT2D eigenvalue weighted by Gasteiger charge is -2.21. The Morgan fingerprint density at radius 1 is 0.315 bits per heavy atom. The van der Waals surface area contributed by atoms with Crippen LogP contribution >= 0.6 is 15.6 Å². The minimum absolute atomic E-state index is 0.105. The maximum Gasteiger partial charge on any atom is 0.472 e. The molecule has 6 atom stereocenters. The highest BCUT2D eigenvalue weighted by Gasteiger charge is 2.30. The van der Waals surface area contributed by atoms with Crippen LogP contribution in [0, 0.1) is 11.8 Å². The summed E-state index contributed by atoms with van der Waals surface area (Å²) in [4.78, 5) is 72.6. The van der Waals surface area contributed by atoms with Crippen molar-refractivity contribution >= 4 is 39.5 Å². The molecule has 0 amide bonds. The van der Waals surface area contributed by atoms with E-state index in [2.05, 4.69) is 41.5 Å². The van der Waals surface area contributed by atoms with Crippen molar-refractivity contribution in [2.24, 2.45) is 11.8 Å². The Kier molecular flexibility index (Phi) is 63.7. The highest BCUT2D eigenvalue weighted by molar-refractivity contribution is 7.47. The molecule has 0 fully saturated rings. The molecule has 0 bridgehead atoms. The van der Waals surface area contributed by atoms with Crippen molar-refractivity contribution in [2.45, 2.75) is 394 Å². The minimum atomic E-state index is -4.95. The zero-order chi connectivity index (χ0) is 67.9. The van der Waals surface area contributed by atoms with Crippen molar-refractivity contribution in [1.29, 1.82) is 0 Å². The number of hydrogen-bond donors (Lipinski definition) is 3. The van der Waals surface area contributed by atoms with E-state index in [1.54, 1.807) is 0 Å². The number of carbonyl (C=O) groups excluding carboxylic acids is 4. The quantitative estimate of drug-likeness (QED) is 0.0222. The van der Waals surface area contributed by atoms with Gasteiger partial charge in [0.1, 0.15) is 19.3 Å². The Labute approximate surface area is 562 Å². The number of phosphoric ester groups is 2. The van der Waals surface area contributed by atoms with E-state index in [1.165, 1.54) is 186 Å². The third-order valence-corrected chi connectivity index (χ3v) is 19.2. The van der Waals surface area contributed by atoms with Gasteiger partial charge in [0, 0.05) is 25.7 Å². The molecule has 0 spiro atoms. The van der Waals surface area contributed by atoms with E-state index in [-0.39, 0.29) is 25.7 Å². The van der Waals surface area contributed by atoms with Gasteiger partial charge in [0.05, 0.1) is 26.4 Å². The summed E-state index contributed by atoms with van der Waals surface area (Å²) in [6.45, 7) is 9.51. The van der Waals surface area contributed by atoms with Gasteiger partial charge in [0.25, 0.3) is 0 Å². The number of hydrogen-bond acceptors (Lipinski definition) is 15. The van der Waals surface area contributed by atoms with Crippen molar-refractivity contribution < 1.29 is 80.2 Å². The summed E-state index contributed by atoms with van der Waals surface area (Å²) >= 11 is 0. The first-order valence-electron chi connectivity index (χ1n) is 38.0. The van der Waals surface area contributed by atoms with Crippen LogP contribution in [-0.4, -0.2) is 96.7 Å². The fourth-order valence-corrected chi connectivity index (χ4v) is 12.7. The van der Waals surface area contributed by atoms with Crippen LogP contribution in [0.4, 0.5) is 0 Å². The van der Waals surface area contributed by atoms with Crippen LogP contribution in [0.2, 0.25) is 0 Å². The molecule has 17 nitrogen and oxygen atoms in total. The predicted molar refractivity (Wildman–Crippen MR) is 372 cm³/mol. The second kappa shape index (κ2) is 65.0. The Balaban J connectivity index is 5.21. The molecular formula is C73H142O17P2. The van der Waals surface area contributed by atoms with Crippen LogP contribution in [0.5, 0.6) is 0 Å². The Bertz CT molecular complexity index is 1790. The van der Waals surface area contributed by atoms with E-state index in [0.717, 1.165) is 102 Å². The highest BCUT2D eigenvalue weighted by atomic mass is 31.2. The summed E-state index contributed by atoms with van der Waals surface area (Å²) in [5.41, 5.74) is 0. The molecule has 0 rings (SSSR count). The first-order valence-corrected chi connectivity index (χ1v) is 41.0. The number of ether oxygens (including phenoxy) is 4. The zero-order valence-corrected chi connectivity index (χ0v) is 61.6. The van der Waals surface area contributed by atoms with Gasteiger partial charge in [-0.25, -0.2) is 9.13 Å². The molecule has 0 radical (unpaired) electrons. The molecule has 0 saturated heterocycles. The predicted octanol–water partition coefficient (Wildman–Crippen LogP) is 21.2. The van der Waals surface area contributed by atoms with Crippen molar-refractivity contribution in [2.75, 3.05) is 39.6 Å². The molecule has 19 heteroatoms. The van der Waals surface area contributed by atoms with Gasteiger partial charge < -0.3 is 33.8 Å². The van der Waals surface area contributed by atoms with Gasteiger partial charge in [0.15, 0.2) is 12.2 Å². The molecule has 0 aliphatic heterocycles. The van der Waals surface area contributed by atoms with E-state index in [4.69, 9.17) is 37.0 Å². The average Bonchev–Trinajstić information content (AvgIpc) is 1.97. The average molecular weight is 1350 g/mol. The number of aliphatic hydroxyl groups is 1. The summed E-state index contributed by atoms with van der Waals surface area (Å²) in [6, 6.07) is 0. The second-order valence-corrected chi connectivity index (χ2v) is 30.0. The normalized spacial score (nSPS) is 14.4. The summed E-state index contributed by atoms with van der Waals surface area (Å²) in [5, 5.41) is 10.6. The van der Waals surface area contributed by atoms with Crippen molar-refractivity contribution in [3.8, 4) is 0 Å². The Morgan fingerprint density at radius 3 is 0.826 bits per heavy atom. The number of rotatable bonds is 72. The van der Waals surface area contributed by atoms with Crippen LogP contribution < -0.4 is 0 Å². The fourth-order valence-electron chi connectivity index (χ4n) is 11.1. The lowest BCUT2D eigenvalue weighted by atomic mass is 9.99. The molecule has 0 aliphatic rings. The summed E-state index contributed by atoms with van der Waals surface area (Å²) < 4.78 is 68.3. The Hall–Kier alpha value is -1.94. The third-order valence-electron chi connectivity index (χ3n) is 17.3. The molecular weight excluding hydrogens is 1210 g/mol. The van der Waals surface area contributed by atoms with Crippen LogP contribution in [0.1, 0.15) is 375 Å². The van der Waals surface area contributed by atoms with Crippen molar-refractivity contribution in [1.82, 2.24) is 0 Å². The second-order valence-electron chi connectivity index (χ2n) is 27.1. The maximum atomic E-state index is 13.1. The van der Waals surface area contributed by atoms with Crippen LogP contribution in [0.3, 0.4) is 0 Å². The van der Waals surface area contributed by atoms with Gasteiger partial charge >= 0.3 is 39.5 Å². The molecule has 0 aliphatic carbocycles. The van der Waals surface area contributed by atoms with E-state index in [1.807, 2.05) is 0 Å². The smallest absolute Gasteiger partial charge is 0.462 e. The van der Waals surface area contributed by atoms with Gasteiger partial charge in [0.2, 0.25) is 0 Å². The lowest BCUT2D eigenvalue weighted by molar-refractivity contribution is -0.161. The number of phosphoric acid groups is 2. The van der Waals surface area contributed by atoms with Gasteiger partial charge in [-0.3, -0.25) is 37.3 Å². The van der Waals surface area contributed by atoms with Gasteiger partial charge in [-0.2, -0.15) is 0 Å². The molecule has 92 heavy (non-hydrogen) atoms. The number of unbranched alkanes of at least 4 members (excludes halogenated alkanes) is 41. The van der Waals surface area contributed by atoms with Gasteiger partial charge in [-0.1, -0.05) is 324 Å². The first kappa shape index (κ1) is 90.1. The molecule has 0 aromatic heterocycles. The molecule has 3 unspecified atom stereocenters. The van der Waals surface area contributed by atoms with E-state index >= 15 is 0 Å². The van der Waals surface area contributed by atoms with Crippen LogP contribution in [-0.2, 0) is 65.4 Å². The van der Waals surface area contributed by atoms with E-state index in [9.17, 15) is 43.2 Å². The Morgan fingerprint density at radius 2 is 0.554 bits per heavy atom. The fraction of sp³-hybridized carbons (Fsp3) is 0.945. The van der Waals surface area contributed by atoms with Gasteiger partial charge in [-0.15, -0.1) is 0 Å². The molecule has 0 aromatic rings. The number of carbonyl (C=O) groups is 4.